The number of hydrogen-bond donors (Lipinski definition) is 2. The predicted octanol–water partition coefficient (Wildman–Crippen LogP) is 1.82. The van der Waals surface area contributed by atoms with Crippen molar-refractivity contribution in [3.63, 3.8) is 0 Å². The number of amides is 1. The number of nitrogens with one attached hydrogen (secondary N) is 1. The van der Waals surface area contributed by atoms with Gasteiger partial charge in [0.05, 0.1) is 5.92 Å². The summed E-state index contributed by atoms with van der Waals surface area (Å²) in [6.45, 7) is 2.58. The largest absolute Gasteiger partial charge is 0.353 e. The molecule has 0 aliphatic heterocycles. The van der Waals surface area contributed by atoms with E-state index in [9.17, 15) is 4.79 Å². The summed E-state index contributed by atoms with van der Waals surface area (Å²) in [7, 11) is 0. The van der Waals surface area contributed by atoms with Gasteiger partial charge in [-0.3, -0.25) is 9.78 Å². The summed E-state index contributed by atoms with van der Waals surface area (Å²) in [5, 5.41) is 3.17. The van der Waals surface area contributed by atoms with Gasteiger partial charge in [-0.15, -0.1) is 0 Å². The fourth-order valence-corrected chi connectivity index (χ4v) is 2.77. The number of rotatable bonds is 4. The monoisotopic (exact) mass is 261 g/mol. The summed E-state index contributed by atoms with van der Waals surface area (Å²) < 4.78 is 0. The van der Waals surface area contributed by atoms with Crippen molar-refractivity contribution in [1.29, 1.82) is 0 Å². The number of hydrogen-bond acceptors (Lipinski definition) is 3. The zero-order valence-electron chi connectivity index (χ0n) is 11.5. The standard InChI is InChI=1S/C15H23N3O/c1-11(13-6-4-8-17-10-13)15(19)18-14-7-3-2-5-12(14)9-16/h4,6,8,10-12,14H,2-3,5,7,9,16H2,1H3,(H,18,19). The number of aromatic nitrogens is 1. The summed E-state index contributed by atoms with van der Waals surface area (Å²) in [5.74, 6) is 0.353. The Labute approximate surface area is 114 Å². The van der Waals surface area contributed by atoms with Crippen LogP contribution in [-0.4, -0.2) is 23.5 Å². The molecule has 1 fully saturated rings. The second-order valence-corrected chi connectivity index (χ2v) is 5.40. The third kappa shape index (κ3) is 3.53. The fourth-order valence-electron chi connectivity index (χ4n) is 2.77. The van der Waals surface area contributed by atoms with Gasteiger partial charge in [-0.2, -0.15) is 0 Å². The van der Waals surface area contributed by atoms with Crippen LogP contribution >= 0.6 is 0 Å². The number of carbonyl (C=O) groups excluding carboxylic acids is 1. The van der Waals surface area contributed by atoms with Gasteiger partial charge in [-0.25, -0.2) is 0 Å². The van der Waals surface area contributed by atoms with Crippen LogP contribution in [0.25, 0.3) is 0 Å². The molecular weight excluding hydrogens is 238 g/mol. The van der Waals surface area contributed by atoms with E-state index >= 15 is 0 Å². The molecule has 3 unspecified atom stereocenters. The summed E-state index contributed by atoms with van der Waals surface area (Å²) >= 11 is 0. The smallest absolute Gasteiger partial charge is 0.227 e. The van der Waals surface area contributed by atoms with Gasteiger partial charge in [-0.1, -0.05) is 18.9 Å². The lowest BCUT2D eigenvalue weighted by Crippen LogP contribution is -2.46. The average Bonchev–Trinajstić information content (AvgIpc) is 2.48. The second-order valence-electron chi connectivity index (χ2n) is 5.40. The van der Waals surface area contributed by atoms with Gasteiger partial charge < -0.3 is 11.1 Å². The Balaban J connectivity index is 1.96. The van der Waals surface area contributed by atoms with E-state index in [2.05, 4.69) is 10.3 Å². The maximum Gasteiger partial charge on any atom is 0.227 e. The Kier molecular flexibility index (Phi) is 4.91. The fraction of sp³-hybridized carbons (Fsp3) is 0.600. The van der Waals surface area contributed by atoms with Crippen molar-refractivity contribution in [2.75, 3.05) is 6.54 Å². The summed E-state index contributed by atoms with van der Waals surface area (Å²) in [5.41, 5.74) is 6.75. The molecule has 1 heterocycles. The van der Waals surface area contributed by atoms with Crippen LogP contribution in [0.15, 0.2) is 24.5 Å². The highest BCUT2D eigenvalue weighted by Gasteiger charge is 2.27. The van der Waals surface area contributed by atoms with Crippen molar-refractivity contribution >= 4 is 5.91 Å². The maximum absolute atomic E-state index is 12.3. The minimum Gasteiger partial charge on any atom is -0.353 e. The first-order valence-electron chi connectivity index (χ1n) is 7.12. The summed E-state index contributed by atoms with van der Waals surface area (Å²) in [6.07, 6.45) is 8.07. The average molecular weight is 261 g/mol. The molecule has 1 aromatic heterocycles. The first kappa shape index (κ1) is 14.0. The van der Waals surface area contributed by atoms with Gasteiger partial charge in [0.15, 0.2) is 0 Å². The molecule has 4 nitrogen and oxygen atoms in total. The van der Waals surface area contributed by atoms with E-state index in [4.69, 9.17) is 5.73 Å². The van der Waals surface area contributed by atoms with Crippen molar-refractivity contribution in [1.82, 2.24) is 10.3 Å². The summed E-state index contributed by atoms with van der Waals surface area (Å²) in [4.78, 5) is 16.4. The zero-order chi connectivity index (χ0) is 13.7. The molecule has 1 saturated carbocycles. The molecule has 1 aliphatic carbocycles. The van der Waals surface area contributed by atoms with Crippen molar-refractivity contribution in [3.8, 4) is 0 Å². The molecule has 0 radical (unpaired) electrons. The molecule has 1 amide bonds. The highest BCUT2D eigenvalue weighted by Crippen LogP contribution is 2.24. The van der Waals surface area contributed by atoms with Crippen LogP contribution in [0.5, 0.6) is 0 Å². The molecule has 0 bridgehead atoms. The van der Waals surface area contributed by atoms with E-state index in [1.165, 1.54) is 12.8 Å². The van der Waals surface area contributed by atoms with Crippen molar-refractivity contribution < 1.29 is 4.79 Å². The van der Waals surface area contributed by atoms with Gasteiger partial charge in [-0.05, 0) is 43.9 Å². The molecule has 0 spiro atoms. The molecule has 1 aliphatic rings. The molecule has 19 heavy (non-hydrogen) atoms. The van der Waals surface area contributed by atoms with E-state index in [-0.39, 0.29) is 17.9 Å². The molecule has 0 aromatic carbocycles. The van der Waals surface area contributed by atoms with Crippen molar-refractivity contribution in [2.24, 2.45) is 11.7 Å². The number of nitrogens with zero attached hydrogens (tertiary/aromatic N) is 1. The lowest BCUT2D eigenvalue weighted by molar-refractivity contribution is -0.123. The number of carbonyl (C=O) groups is 1. The third-order valence-electron chi connectivity index (χ3n) is 4.12. The van der Waals surface area contributed by atoms with Gasteiger partial charge in [0.1, 0.15) is 0 Å². The molecule has 4 heteroatoms. The Morgan fingerprint density at radius 1 is 1.53 bits per heavy atom. The molecule has 104 valence electrons. The van der Waals surface area contributed by atoms with Crippen LogP contribution in [-0.2, 0) is 4.79 Å². The molecule has 3 atom stereocenters. The van der Waals surface area contributed by atoms with Gasteiger partial charge in [0, 0.05) is 18.4 Å². The predicted molar refractivity (Wildman–Crippen MR) is 75.6 cm³/mol. The Morgan fingerprint density at radius 2 is 2.32 bits per heavy atom. The molecule has 2 rings (SSSR count). The minimum atomic E-state index is -0.158. The second kappa shape index (κ2) is 6.66. The van der Waals surface area contributed by atoms with E-state index in [1.807, 2.05) is 19.1 Å². The normalized spacial score (nSPS) is 24.7. The van der Waals surface area contributed by atoms with Crippen molar-refractivity contribution in [2.45, 2.75) is 44.6 Å². The van der Waals surface area contributed by atoms with Crippen LogP contribution in [0.4, 0.5) is 0 Å². The number of nitrogens with two attached hydrogens (primary N) is 1. The van der Waals surface area contributed by atoms with Crippen LogP contribution < -0.4 is 11.1 Å². The first-order chi connectivity index (χ1) is 9.22. The van der Waals surface area contributed by atoms with Crippen LogP contribution in [0.1, 0.15) is 44.1 Å². The SMILES string of the molecule is CC(C(=O)NC1CCCCC1CN)c1cccnc1. The maximum atomic E-state index is 12.3. The van der Waals surface area contributed by atoms with E-state index in [0.717, 1.165) is 18.4 Å². The Bertz CT molecular complexity index is 407. The Hall–Kier alpha value is -1.42. The topological polar surface area (TPSA) is 68.0 Å². The Morgan fingerprint density at radius 3 is 3.00 bits per heavy atom. The van der Waals surface area contributed by atoms with Crippen LogP contribution in [0.2, 0.25) is 0 Å². The zero-order valence-corrected chi connectivity index (χ0v) is 11.5. The van der Waals surface area contributed by atoms with Crippen LogP contribution in [0.3, 0.4) is 0 Å². The van der Waals surface area contributed by atoms with Gasteiger partial charge in [0.2, 0.25) is 5.91 Å². The van der Waals surface area contributed by atoms with Crippen molar-refractivity contribution in [3.05, 3.63) is 30.1 Å². The van der Waals surface area contributed by atoms with E-state index in [0.29, 0.717) is 12.5 Å². The lowest BCUT2D eigenvalue weighted by Gasteiger charge is -2.32. The highest BCUT2D eigenvalue weighted by molar-refractivity contribution is 5.83. The number of pyridine rings is 1. The lowest BCUT2D eigenvalue weighted by atomic mass is 9.84. The molecule has 0 saturated heterocycles. The van der Waals surface area contributed by atoms with E-state index in [1.54, 1.807) is 12.4 Å². The quantitative estimate of drug-likeness (QED) is 0.868. The van der Waals surface area contributed by atoms with E-state index < -0.39 is 0 Å². The van der Waals surface area contributed by atoms with Gasteiger partial charge in [0.25, 0.3) is 0 Å². The first-order valence-corrected chi connectivity index (χ1v) is 7.12. The van der Waals surface area contributed by atoms with Gasteiger partial charge >= 0.3 is 0 Å². The molecule has 1 aromatic rings. The summed E-state index contributed by atoms with van der Waals surface area (Å²) in [6, 6.07) is 4.05. The molecule has 3 N–H and O–H groups in total. The highest BCUT2D eigenvalue weighted by atomic mass is 16.1. The van der Waals surface area contributed by atoms with Crippen LogP contribution in [0, 0.1) is 5.92 Å². The third-order valence-corrected chi connectivity index (χ3v) is 4.12. The minimum absolute atomic E-state index is 0.0818. The molecular formula is C15H23N3O.